The number of carbonyl (C=O) groups excluding carboxylic acids is 2. The Kier molecular flexibility index (Phi) is 9.98. The zero-order valence-electron chi connectivity index (χ0n) is 24.0. The molecule has 1 N–H and O–H groups in total. The average molecular weight is 586 g/mol. The highest BCUT2D eigenvalue weighted by Crippen LogP contribution is 2.36. The number of amides is 2. The van der Waals surface area contributed by atoms with Crippen molar-refractivity contribution in [2.24, 2.45) is 0 Å². The number of halogens is 1. The lowest BCUT2D eigenvalue weighted by molar-refractivity contribution is -0.140. The van der Waals surface area contributed by atoms with Crippen molar-refractivity contribution in [3.8, 4) is 11.5 Å². The first kappa shape index (κ1) is 31.4. The topological polar surface area (TPSA) is 105 Å². The molecule has 1 atom stereocenters. The van der Waals surface area contributed by atoms with Gasteiger partial charge < -0.3 is 19.7 Å². The van der Waals surface area contributed by atoms with Gasteiger partial charge in [-0.3, -0.25) is 13.9 Å². The van der Waals surface area contributed by atoms with Gasteiger partial charge in [0.1, 0.15) is 29.9 Å². The molecule has 41 heavy (non-hydrogen) atoms. The molecule has 0 saturated heterocycles. The fraction of sp³-hybridized carbons (Fsp3) is 0.333. The molecule has 9 nitrogen and oxygen atoms in total. The summed E-state index contributed by atoms with van der Waals surface area (Å²) in [5.74, 6) is -1.25. The van der Waals surface area contributed by atoms with Crippen LogP contribution in [0.3, 0.4) is 0 Å². The van der Waals surface area contributed by atoms with Crippen LogP contribution in [0.4, 0.5) is 10.1 Å². The fourth-order valence-corrected chi connectivity index (χ4v) is 5.53. The standard InChI is InChI=1S/C30H36FN3O6S/c1-21(29(36)32-30(2,3)4)33(19-22-12-10-11-15-25(22)31)28(35)20-34(41(37,38)24-13-8-7-9-14-24)26-18-23(39-5)16-17-27(26)40-6/h7-18,21H,19-20H2,1-6H3,(H,32,36). The van der Waals surface area contributed by atoms with Gasteiger partial charge in [0, 0.05) is 23.7 Å². The molecule has 2 amide bonds. The second-order valence-electron chi connectivity index (χ2n) is 10.4. The Bertz CT molecular complexity index is 1480. The van der Waals surface area contributed by atoms with E-state index in [4.69, 9.17) is 9.47 Å². The monoisotopic (exact) mass is 585 g/mol. The van der Waals surface area contributed by atoms with Gasteiger partial charge in [0.15, 0.2) is 0 Å². The molecule has 3 rings (SSSR count). The van der Waals surface area contributed by atoms with Crippen molar-refractivity contribution in [3.05, 3.63) is 84.2 Å². The molecule has 3 aromatic rings. The number of rotatable bonds is 11. The van der Waals surface area contributed by atoms with E-state index < -0.39 is 45.8 Å². The van der Waals surface area contributed by atoms with Crippen molar-refractivity contribution >= 4 is 27.5 Å². The van der Waals surface area contributed by atoms with Gasteiger partial charge >= 0.3 is 0 Å². The first-order valence-corrected chi connectivity index (χ1v) is 14.4. The molecule has 0 aromatic heterocycles. The lowest BCUT2D eigenvalue weighted by atomic mass is 10.1. The van der Waals surface area contributed by atoms with E-state index in [1.807, 2.05) is 0 Å². The van der Waals surface area contributed by atoms with Gasteiger partial charge in [-0.1, -0.05) is 36.4 Å². The van der Waals surface area contributed by atoms with E-state index in [0.29, 0.717) is 5.75 Å². The van der Waals surface area contributed by atoms with Crippen LogP contribution in [0.1, 0.15) is 33.3 Å². The zero-order chi connectivity index (χ0) is 30.4. The molecule has 3 aromatic carbocycles. The summed E-state index contributed by atoms with van der Waals surface area (Å²) in [7, 11) is -1.51. The van der Waals surface area contributed by atoms with E-state index in [2.05, 4.69) is 5.32 Å². The van der Waals surface area contributed by atoms with Gasteiger partial charge in [0.05, 0.1) is 24.8 Å². The van der Waals surface area contributed by atoms with E-state index in [9.17, 15) is 22.4 Å². The first-order valence-electron chi connectivity index (χ1n) is 12.9. The number of nitrogens with one attached hydrogen (secondary N) is 1. The highest BCUT2D eigenvalue weighted by molar-refractivity contribution is 7.92. The van der Waals surface area contributed by atoms with Gasteiger partial charge in [0.2, 0.25) is 11.8 Å². The molecule has 0 bridgehead atoms. The van der Waals surface area contributed by atoms with Crippen LogP contribution < -0.4 is 19.1 Å². The summed E-state index contributed by atoms with van der Waals surface area (Å²) in [5.41, 5.74) is -0.372. The number of sulfonamides is 1. The molecule has 0 fully saturated rings. The van der Waals surface area contributed by atoms with Crippen LogP contribution in [0.25, 0.3) is 0 Å². The number of methoxy groups -OCH3 is 2. The maximum atomic E-state index is 14.7. The summed E-state index contributed by atoms with van der Waals surface area (Å²) in [5, 5.41) is 2.83. The third kappa shape index (κ3) is 7.75. The number of hydrogen-bond acceptors (Lipinski definition) is 6. The number of benzene rings is 3. The summed E-state index contributed by atoms with van der Waals surface area (Å²) < 4.78 is 54.3. The molecule has 1 unspecified atom stereocenters. The van der Waals surface area contributed by atoms with Crippen molar-refractivity contribution in [2.45, 2.75) is 50.7 Å². The lowest BCUT2D eigenvalue weighted by Gasteiger charge is -2.33. The minimum absolute atomic E-state index is 0.0571. The van der Waals surface area contributed by atoms with Gasteiger partial charge in [-0.2, -0.15) is 0 Å². The maximum absolute atomic E-state index is 14.7. The molecule has 220 valence electrons. The van der Waals surface area contributed by atoms with Crippen LogP contribution in [0, 0.1) is 5.82 Å². The molecule has 0 aliphatic carbocycles. The lowest BCUT2D eigenvalue weighted by Crippen LogP contribution is -2.54. The highest BCUT2D eigenvalue weighted by Gasteiger charge is 2.35. The zero-order valence-corrected chi connectivity index (χ0v) is 24.9. The predicted molar refractivity (Wildman–Crippen MR) is 155 cm³/mol. The van der Waals surface area contributed by atoms with E-state index in [-0.39, 0.29) is 28.4 Å². The van der Waals surface area contributed by atoms with E-state index in [0.717, 1.165) is 4.31 Å². The highest BCUT2D eigenvalue weighted by atomic mass is 32.2. The summed E-state index contributed by atoms with van der Waals surface area (Å²) in [6.07, 6.45) is 0. The number of nitrogens with zero attached hydrogens (tertiary/aromatic N) is 2. The van der Waals surface area contributed by atoms with Crippen molar-refractivity contribution in [3.63, 3.8) is 0 Å². The quantitative estimate of drug-likeness (QED) is 0.358. The molecule has 0 aliphatic heterocycles. The van der Waals surface area contributed by atoms with Crippen LogP contribution in [0.2, 0.25) is 0 Å². The first-order chi connectivity index (χ1) is 19.3. The Balaban J connectivity index is 2.13. The largest absolute Gasteiger partial charge is 0.497 e. The van der Waals surface area contributed by atoms with Gasteiger partial charge in [-0.15, -0.1) is 0 Å². The second-order valence-corrected chi connectivity index (χ2v) is 12.3. The smallest absolute Gasteiger partial charge is 0.264 e. The molecule has 0 spiro atoms. The number of anilines is 1. The molecule has 0 radical (unpaired) electrons. The Morgan fingerprint density at radius 1 is 0.951 bits per heavy atom. The van der Waals surface area contributed by atoms with Crippen LogP contribution in [-0.4, -0.2) is 57.5 Å². The van der Waals surface area contributed by atoms with Gasteiger partial charge in [-0.05, 0) is 58.0 Å². The normalized spacial score (nSPS) is 12.3. The number of carbonyl (C=O) groups is 2. The van der Waals surface area contributed by atoms with Gasteiger partial charge in [-0.25, -0.2) is 12.8 Å². The fourth-order valence-electron chi connectivity index (χ4n) is 4.09. The van der Waals surface area contributed by atoms with E-state index in [1.165, 1.54) is 68.5 Å². The Labute approximate surface area is 240 Å². The third-order valence-electron chi connectivity index (χ3n) is 6.23. The Morgan fingerprint density at radius 3 is 2.17 bits per heavy atom. The van der Waals surface area contributed by atoms with Crippen molar-refractivity contribution in [1.82, 2.24) is 10.2 Å². The van der Waals surface area contributed by atoms with Crippen LogP contribution >= 0.6 is 0 Å². The van der Waals surface area contributed by atoms with Crippen molar-refractivity contribution in [2.75, 3.05) is 25.1 Å². The Hall–Kier alpha value is -4.12. The molecular weight excluding hydrogens is 549 g/mol. The maximum Gasteiger partial charge on any atom is 0.264 e. The molecule has 0 saturated carbocycles. The second kappa shape index (κ2) is 13.0. The van der Waals surface area contributed by atoms with E-state index >= 15 is 0 Å². The summed E-state index contributed by atoms with van der Waals surface area (Å²) in [4.78, 5) is 28.3. The molecule has 0 heterocycles. The SMILES string of the molecule is COc1ccc(OC)c(N(CC(=O)N(Cc2ccccc2F)C(C)C(=O)NC(C)(C)C)S(=O)(=O)c2ccccc2)c1. The molecule has 0 aliphatic rings. The van der Waals surface area contributed by atoms with Crippen LogP contribution in [-0.2, 0) is 26.2 Å². The van der Waals surface area contributed by atoms with Crippen LogP contribution in [0.15, 0.2) is 77.7 Å². The summed E-state index contributed by atoms with van der Waals surface area (Å²) in [6.45, 7) is 5.93. The van der Waals surface area contributed by atoms with Crippen molar-refractivity contribution < 1.29 is 31.9 Å². The minimum Gasteiger partial charge on any atom is -0.497 e. The molecule has 11 heteroatoms. The number of ether oxygens (including phenoxy) is 2. The third-order valence-corrected chi connectivity index (χ3v) is 8.00. The average Bonchev–Trinajstić information content (AvgIpc) is 2.94. The number of hydrogen-bond donors (Lipinski definition) is 1. The van der Waals surface area contributed by atoms with Crippen molar-refractivity contribution in [1.29, 1.82) is 0 Å². The Morgan fingerprint density at radius 2 is 1.59 bits per heavy atom. The summed E-state index contributed by atoms with van der Waals surface area (Å²) >= 11 is 0. The summed E-state index contributed by atoms with van der Waals surface area (Å²) in [6, 6.07) is 17.1. The predicted octanol–water partition coefficient (Wildman–Crippen LogP) is 4.37. The van der Waals surface area contributed by atoms with E-state index in [1.54, 1.807) is 51.1 Å². The van der Waals surface area contributed by atoms with Crippen LogP contribution in [0.5, 0.6) is 11.5 Å². The molecular formula is C30H36FN3O6S. The minimum atomic E-state index is -4.32. The van der Waals surface area contributed by atoms with Gasteiger partial charge in [0.25, 0.3) is 10.0 Å².